The van der Waals surface area contributed by atoms with Gasteiger partial charge in [-0.2, -0.15) is 0 Å². The van der Waals surface area contributed by atoms with Crippen LogP contribution in [0.15, 0.2) is 0 Å². The third kappa shape index (κ3) is 3.25. The molecule has 1 N–H and O–H groups in total. The monoisotopic (exact) mass is 253 g/mol. The molecule has 0 bridgehead atoms. The predicted molar refractivity (Wildman–Crippen MR) is 72.7 cm³/mol. The van der Waals surface area contributed by atoms with Crippen LogP contribution in [0.25, 0.3) is 0 Å². The molecule has 0 aromatic rings. The predicted octanol–water partition coefficient (Wildman–Crippen LogP) is 3.29. The van der Waals surface area contributed by atoms with Gasteiger partial charge in [0.15, 0.2) is 0 Å². The molecule has 1 aliphatic carbocycles. The van der Waals surface area contributed by atoms with Crippen molar-refractivity contribution in [1.29, 1.82) is 0 Å². The number of hydrogen-bond donors (Lipinski definition) is 1. The van der Waals surface area contributed by atoms with Crippen molar-refractivity contribution in [1.82, 2.24) is 4.90 Å². The van der Waals surface area contributed by atoms with Crippen molar-refractivity contribution in [3.63, 3.8) is 0 Å². The van der Waals surface area contributed by atoms with Gasteiger partial charge in [0.25, 0.3) is 0 Å². The first kappa shape index (κ1) is 13.9. The fraction of sp³-hybridized carbons (Fsp3) is 0.933. The largest absolute Gasteiger partial charge is 0.481 e. The zero-order valence-corrected chi connectivity index (χ0v) is 11.7. The van der Waals surface area contributed by atoms with Crippen LogP contribution in [0.5, 0.6) is 0 Å². The molecule has 0 radical (unpaired) electrons. The van der Waals surface area contributed by atoms with Gasteiger partial charge in [0.05, 0.1) is 6.42 Å². The van der Waals surface area contributed by atoms with E-state index >= 15 is 0 Å². The highest BCUT2D eigenvalue weighted by Crippen LogP contribution is 2.39. The third-order valence-corrected chi connectivity index (χ3v) is 4.96. The first-order chi connectivity index (χ1) is 8.62. The zero-order chi connectivity index (χ0) is 13.0. The Bertz CT molecular complexity index is 274. The number of carboxylic acid groups (broad SMARTS) is 1. The molecule has 3 nitrogen and oxygen atoms in total. The van der Waals surface area contributed by atoms with Crippen LogP contribution in [-0.2, 0) is 4.79 Å². The van der Waals surface area contributed by atoms with Crippen LogP contribution >= 0.6 is 0 Å². The quantitative estimate of drug-likeness (QED) is 0.839. The highest BCUT2D eigenvalue weighted by Gasteiger charge is 2.41. The van der Waals surface area contributed by atoms with Gasteiger partial charge in [-0.05, 0) is 57.5 Å². The average molecular weight is 253 g/mol. The smallest absolute Gasteiger partial charge is 0.305 e. The maximum absolute atomic E-state index is 11.3. The Morgan fingerprint density at radius 3 is 2.22 bits per heavy atom. The van der Waals surface area contributed by atoms with Crippen LogP contribution in [0.1, 0.15) is 64.7 Å². The van der Waals surface area contributed by atoms with Crippen LogP contribution < -0.4 is 0 Å². The number of carbonyl (C=O) groups is 1. The van der Waals surface area contributed by atoms with Gasteiger partial charge in [0.2, 0.25) is 0 Å². The molecule has 1 heterocycles. The standard InChI is InChI=1S/C15H27NO2/c1-13-6-8-15(9-7-13,12-14(17)18)16-10-4-2-3-5-11-16/h13H,2-12H2,1H3,(H,17,18). The molecule has 0 aromatic carbocycles. The zero-order valence-electron chi connectivity index (χ0n) is 11.7. The molecule has 1 aliphatic heterocycles. The van der Waals surface area contributed by atoms with E-state index in [9.17, 15) is 9.90 Å². The number of likely N-dealkylation sites (tertiary alicyclic amines) is 1. The van der Waals surface area contributed by atoms with E-state index in [2.05, 4.69) is 11.8 Å². The summed E-state index contributed by atoms with van der Waals surface area (Å²) in [5, 5.41) is 9.27. The number of aliphatic carboxylic acids is 1. The molecule has 0 atom stereocenters. The van der Waals surface area contributed by atoms with Gasteiger partial charge in [0.1, 0.15) is 0 Å². The lowest BCUT2D eigenvalue weighted by Crippen LogP contribution is -2.52. The summed E-state index contributed by atoms with van der Waals surface area (Å²) in [5.74, 6) is 0.160. The van der Waals surface area contributed by atoms with Crippen molar-refractivity contribution in [2.24, 2.45) is 5.92 Å². The second kappa shape index (κ2) is 6.05. The molecule has 1 saturated heterocycles. The average Bonchev–Trinajstić information content (AvgIpc) is 2.61. The SMILES string of the molecule is CC1CCC(CC(=O)O)(N2CCCCCC2)CC1. The van der Waals surface area contributed by atoms with Crippen molar-refractivity contribution in [3.05, 3.63) is 0 Å². The molecule has 104 valence electrons. The first-order valence-electron chi connectivity index (χ1n) is 7.59. The van der Waals surface area contributed by atoms with E-state index < -0.39 is 5.97 Å². The van der Waals surface area contributed by atoms with Crippen LogP contribution in [0.3, 0.4) is 0 Å². The molecule has 2 rings (SSSR count). The molecule has 2 fully saturated rings. The minimum absolute atomic E-state index is 0.0251. The molecule has 0 amide bonds. The molecular weight excluding hydrogens is 226 g/mol. The lowest BCUT2D eigenvalue weighted by atomic mass is 9.74. The minimum Gasteiger partial charge on any atom is -0.481 e. The lowest BCUT2D eigenvalue weighted by Gasteiger charge is -2.47. The normalized spacial score (nSPS) is 35.1. The van der Waals surface area contributed by atoms with E-state index in [-0.39, 0.29) is 5.54 Å². The summed E-state index contributed by atoms with van der Waals surface area (Å²) in [7, 11) is 0. The maximum Gasteiger partial charge on any atom is 0.305 e. The summed E-state index contributed by atoms with van der Waals surface area (Å²) in [5.41, 5.74) is -0.0251. The second-order valence-electron chi connectivity index (χ2n) is 6.38. The Labute approximate surface area is 111 Å². The molecule has 0 aromatic heterocycles. The van der Waals surface area contributed by atoms with Crippen molar-refractivity contribution >= 4 is 5.97 Å². The summed E-state index contributed by atoms with van der Waals surface area (Å²) in [6, 6.07) is 0. The van der Waals surface area contributed by atoms with Gasteiger partial charge in [-0.1, -0.05) is 19.8 Å². The molecule has 1 saturated carbocycles. The van der Waals surface area contributed by atoms with Gasteiger partial charge >= 0.3 is 5.97 Å². The second-order valence-corrected chi connectivity index (χ2v) is 6.38. The van der Waals surface area contributed by atoms with Gasteiger partial charge < -0.3 is 5.11 Å². The van der Waals surface area contributed by atoms with E-state index in [0.29, 0.717) is 6.42 Å². The van der Waals surface area contributed by atoms with Crippen molar-refractivity contribution in [2.45, 2.75) is 70.3 Å². The summed E-state index contributed by atoms with van der Waals surface area (Å²) >= 11 is 0. The fourth-order valence-corrected chi connectivity index (χ4v) is 3.73. The van der Waals surface area contributed by atoms with E-state index in [1.165, 1.54) is 38.5 Å². The molecule has 0 spiro atoms. The molecule has 2 aliphatic rings. The van der Waals surface area contributed by atoms with Gasteiger partial charge in [0, 0.05) is 5.54 Å². The van der Waals surface area contributed by atoms with Crippen LogP contribution in [0.4, 0.5) is 0 Å². The topological polar surface area (TPSA) is 40.5 Å². The third-order valence-electron chi connectivity index (χ3n) is 4.96. The highest BCUT2D eigenvalue weighted by molar-refractivity contribution is 5.68. The molecular formula is C15H27NO2. The van der Waals surface area contributed by atoms with Crippen molar-refractivity contribution in [2.75, 3.05) is 13.1 Å². The van der Waals surface area contributed by atoms with Crippen molar-refractivity contribution in [3.8, 4) is 0 Å². The van der Waals surface area contributed by atoms with Gasteiger partial charge in [-0.15, -0.1) is 0 Å². The summed E-state index contributed by atoms with van der Waals surface area (Å²) in [6.07, 6.45) is 10.0. The Balaban J connectivity index is 2.09. The van der Waals surface area contributed by atoms with E-state index in [0.717, 1.165) is 31.8 Å². The highest BCUT2D eigenvalue weighted by atomic mass is 16.4. The number of rotatable bonds is 3. The molecule has 3 heteroatoms. The number of carboxylic acids is 1. The Hall–Kier alpha value is -0.570. The van der Waals surface area contributed by atoms with Crippen LogP contribution in [0, 0.1) is 5.92 Å². The Kier molecular flexibility index (Phi) is 4.66. The number of hydrogen-bond acceptors (Lipinski definition) is 2. The summed E-state index contributed by atoms with van der Waals surface area (Å²) in [6.45, 7) is 4.52. The molecule has 0 unspecified atom stereocenters. The van der Waals surface area contributed by atoms with Crippen LogP contribution in [0.2, 0.25) is 0 Å². The Morgan fingerprint density at radius 1 is 1.17 bits per heavy atom. The lowest BCUT2D eigenvalue weighted by molar-refractivity contribution is -0.141. The van der Waals surface area contributed by atoms with Gasteiger partial charge in [-0.3, -0.25) is 9.69 Å². The van der Waals surface area contributed by atoms with Crippen molar-refractivity contribution < 1.29 is 9.90 Å². The first-order valence-corrected chi connectivity index (χ1v) is 7.59. The van der Waals surface area contributed by atoms with Crippen LogP contribution in [-0.4, -0.2) is 34.6 Å². The van der Waals surface area contributed by atoms with Gasteiger partial charge in [-0.25, -0.2) is 0 Å². The summed E-state index contributed by atoms with van der Waals surface area (Å²) < 4.78 is 0. The van der Waals surface area contributed by atoms with E-state index in [1.807, 2.05) is 0 Å². The maximum atomic E-state index is 11.3. The fourth-order valence-electron chi connectivity index (χ4n) is 3.73. The minimum atomic E-state index is -0.617. The van der Waals surface area contributed by atoms with E-state index in [1.54, 1.807) is 0 Å². The number of nitrogens with zero attached hydrogens (tertiary/aromatic N) is 1. The molecule has 18 heavy (non-hydrogen) atoms. The Morgan fingerprint density at radius 2 is 1.72 bits per heavy atom. The van der Waals surface area contributed by atoms with E-state index in [4.69, 9.17) is 0 Å². The summed E-state index contributed by atoms with van der Waals surface area (Å²) in [4.78, 5) is 13.8.